The first-order valence-corrected chi connectivity index (χ1v) is 11.7. The molecule has 0 bridgehead atoms. The highest BCUT2D eigenvalue weighted by atomic mass is 35.5. The van der Waals surface area contributed by atoms with Crippen molar-refractivity contribution in [3.8, 4) is 5.75 Å². The Hall–Kier alpha value is -2.87. The zero-order chi connectivity index (χ0) is 24.0. The van der Waals surface area contributed by atoms with Crippen LogP contribution in [0.5, 0.6) is 5.75 Å². The van der Waals surface area contributed by atoms with Crippen LogP contribution in [0, 0.1) is 12.8 Å². The molecule has 1 saturated heterocycles. The molecule has 1 aliphatic rings. The highest BCUT2D eigenvalue weighted by molar-refractivity contribution is 6.30. The van der Waals surface area contributed by atoms with Crippen molar-refractivity contribution in [2.45, 2.75) is 52.0 Å². The van der Waals surface area contributed by atoms with Crippen LogP contribution in [0.4, 0.5) is 5.82 Å². The van der Waals surface area contributed by atoms with Gasteiger partial charge < -0.3 is 20.7 Å². The van der Waals surface area contributed by atoms with Crippen molar-refractivity contribution in [3.05, 3.63) is 46.4 Å². The Morgan fingerprint density at radius 2 is 1.97 bits per heavy atom. The van der Waals surface area contributed by atoms with E-state index in [0.717, 1.165) is 37.7 Å². The second kappa shape index (κ2) is 11.3. The lowest BCUT2D eigenvalue weighted by molar-refractivity contribution is -0.132. The maximum absolute atomic E-state index is 13.0. The minimum atomic E-state index is -0.598. The number of halogens is 1. The first-order chi connectivity index (χ1) is 15.8. The smallest absolute Gasteiger partial charge is 0.251 e. The lowest BCUT2D eigenvalue weighted by Crippen LogP contribution is -2.47. The number of rotatable bonds is 7. The second-order valence-electron chi connectivity index (χ2n) is 8.51. The maximum atomic E-state index is 13.0. The van der Waals surface area contributed by atoms with Crippen molar-refractivity contribution in [1.29, 1.82) is 0 Å². The first-order valence-electron chi connectivity index (χ1n) is 11.3. The molecule has 1 unspecified atom stereocenters. The molecule has 9 heteroatoms. The Morgan fingerprint density at radius 3 is 2.64 bits per heavy atom. The Labute approximate surface area is 199 Å². The molecule has 2 aromatic rings. The molecule has 0 saturated carbocycles. The lowest BCUT2D eigenvalue weighted by atomic mass is 9.93. The first kappa shape index (κ1) is 24.8. The molecular formula is C24H32ClN5O3. The van der Waals surface area contributed by atoms with E-state index >= 15 is 0 Å². The number of nitrogens with zero attached hydrogens (tertiary/aromatic N) is 3. The summed E-state index contributed by atoms with van der Waals surface area (Å²) in [5, 5.41) is 3.24. The largest absolute Gasteiger partial charge is 0.497 e. The molecule has 2 heterocycles. The average molecular weight is 474 g/mol. The Kier molecular flexibility index (Phi) is 8.49. The van der Waals surface area contributed by atoms with Crippen LogP contribution < -0.4 is 15.8 Å². The van der Waals surface area contributed by atoms with E-state index in [9.17, 15) is 9.59 Å². The molecule has 3 N–H and O–H groups in total. The normalized spacial score (nSPS) is 17.2. The van der Waals surface area contributed by atoms with E-state index in [1.54, 1.807) is 45.2 Å². The molecule has 1 aromatic heterocycles. The fourth-order valence-corrected chi connectivity index (χ4v) is 4.51. The molecule has 1 fully saturated rings. The highest BCUT2D eigenvalue weighted by Gasteiger charge is 2.26. The minimum absolute atomic E-state index is 0.0586. The number of likely N-dealkylation sites (tertiary alicyclic amines) is 1. The molecule has 2 atom stereocenters. The summed E-state index contributed by atoms with van der Waals surface area (Å²) in [6.07, 6.45) is 4.49. The Balaban J connectivity index is 1.51. The van der Waals surface area contributed by atoms with E-state index in [4.69, 9.17) is 22.1 Å². The number of anilines is 1. The van der Waals surface area contributed by atoms with E-state index in [0.29, 0.717) is 47.1 Å². The number of ether oxygens (including phenoxy) is 1. The van der Waals surface area contributed by atoms with E-state index in [1.165, 1.54) is 0 Å². The zero-order valence-electron chi connectivity index (χ0n) is 19.4. The minimum Gasteiger partial charge on any atom is -0.497 e. The molecule has 3 rings (SSSR count). The quantitative estimate of drug-likeness (QED) is 0.596. The van der Waals surface area contributed by atoms with Gasteiger partial charge in [0.25, 0.3) is 5.91 Å². The Morgan fingerprint density at radius 1 is 1.24 bits per heavy atom. The summed E-state index contributed by atoms with van der Waals surface area (Å²) in [5.41, 5.74) is 7.32. The van der Waals surface area contributed by atoms with Crippen LogP contribution in [0.3, 0.4) is 0 Å². The summed E-state index contributed by atoms with van der Waals surface area (Å²) in [6.45, 7) is 4.85. The third-order valence-corrected chi connectivity index (χ3v) is 6.45. The molecule has 2 amide bonds. The molecule has 33 heavy (non-hydrogen) atoms. The number of nitrogens with one attached hydrogen (secondary N) is 1. The molecule has 1 aromatic carbocycles. The van der Waals surface area contributed by atoms with Gasteiger partial charge in [0, 0.05) is 24.2 Å². The number of aromatic nitrogens is 2. The van der Waals surface area contributed by atoms with Crippen LogP contribution in [0.2, 0.25) is 5.15 Å². The summed E-state index contributed by atoms with van der Waals surface area (Å²) in [4.78, 5) is 35.7. The van der Waals surface area contributed by atoms with Crippen LogP contribution >= 0.6 is 11.6 Å². The van der Waals surface area contributed by atoms with Crippen molar-refractivity contribution >= 4 is 29.2 Å². The van der Waals surface area contributed by atoms with Gasteiger partial charge in [0.1, 0.15) is 28.6 Å². The highest BCUT2D eigenvalue weighted by Crippen LogP contribution is 2.27. The number of nitrogens with two attached hydrogens (primary N) is 1. The topological polar surface area (TPSA) is 110 Å². The van der Waals surface area contributed by atoms with Gasteiger partial charge in [0.2, 0.25) is 5.91 Å². The molecular weight excluding hydrogens is 442 g/mol. The number of hydrogen-bond acceptors (Lipinski definition) is 6. The summed E-state index contributed by atoms with van der Waals surface area (Å²) in [7, 11) is 1.57. The molecule has 0 radical (unpaired) electrons. The summed E-state index contributed by atoms with van der Waals surface area (Å²) in [6, 6.07) is 6.21. The van der Waals surface area contributed by atoms with Gasteiger partial charge in [-0.05, 0) is 76.1 Å². The summed E-state index contributed by atoms with van der Waals surface area (Å²) >= 11 is 6.26. The van der Waals surface area contributed by atoms with E-state index in [2.05, 4.69) is 15.3 Å². The van der Waals surface area contributed by atoms with Gasteiger partial charge in [-0.25, -0.2) is 9.97 Å². The lowest BCUT2D eigenvalue weighted by Gasteiger charge is -2.25. The maximum Gasteiger partial charge on any atom is 0.251 e. The number of amides is 2. The zero-order valence-corrected chi connectivity index (χ0v) is 20.2. The number of benzene rings is 1. The van der Waals surface area contributed by atoms with Gasteiger partial charge in [-0.3, -0.25) is 9.59 Å². The average Bonchev–Trinajstić information content (AvgIpc) is 3.03. The summed E-state index contributed by atoms with van der Waals surface area (Å²) in [5.74, 6) is 1.81. The number of carbonyl (C=O) groups is 2. The summed E-state index contributed by atoms with van der Waals surface area (Å²) < 4.78 is 5.12. The van der Waals surface area contributed by atoms with Crippen molar-refractivity contribution in [2.24, 2.45) is 5.92 Å². The molecule has 0 spiro atoms. The van der Waals surface area contributed by atoms with E-state index < -0.39 is 6.04 Å². The molecule has 1 aliphatic heterocycles. The van der Waals surface area contributed by atoms with Crippen LogP contribution in [-0.2, 0) is 11.2 Å². The number of carbonyl (C=O) groups excluding carboxylic acids is 2. The standard InChI is InChI=1S/C24H32ClN5O3/c1-15(27-23(31)18-7-9-19(33-3)10-8-18)24(32)30-13-4-5-17(12-14-30)6-11-20-21(25)28-16(2)29-22(20)26/h7-10,15,17H,4-6,11-14H2,1-3H3,(H,27,31)(H2,26,28,29)/t15-,17?/m0/s1. The van der Waals surface area contributed by atoms with Crippen molar-refractivity contribution in [1.82, 2.24) is 20.2 Å². The van der Waals surface area contributed by atoms with E-state index in [-0.39, 0.29) is 11.8 Å². The monoisotopic (exact) mass is 473 g/mol. The number of aryl methyl sites for hydroxylation is 1. The Bertz CT molecular complexity index is 960. The third kappa shape index (κ3) is 6.57. The predicted octanol–water partition coefficient (Wildman–Crippen LogP) is 3.41. The third-order valence-electron chi connectivity index (χ3n) is 6.13. The molecule has 178 valence electrons. The van der Waals surface area contributed by atoms with Gasteiger partial charge >= 0.3 is 0 Å². The fraction of sp³-hybridized carbons (Fsp3) is 0.500. The molecule has 8 nitrogen and oxygen atoms in total. The van der Waals surface area contributed by atoms with Crippen LogP contribution in [0.25, 0.3) is 0 Å². The number of hydrogen-bond donors (Lipinski definition) is 2. The van der Waals surface area contributed by atoms with Gasteiger partial charge in [0.15, 0.2) is 0 Å². The fourth-order valence-electron chi connectivity index (χ4n) is 4.19. The van der Waals surface area contributed by atoms with Gasteiger partial charge in [-0.2, -0.15) is 0 Å². The number of methoxy groups -OCH3 is 1. The SMILES string of the molecule is COc1ccc(C(=O)N[C@@H](C)C(=O)N2CCCC(CCc3c(N)nc(C)nc3Cl)CC2)cc1. The predicted molar refractivity (Wildman–Crippen MR) is 128 cm³/mol. The van der Waals surface area contributed by atoms with Crippen LogP contribution in [0.1, 0.15) is 54.4 Å². The van der Waals surface area contributed by atoms with E-state index in [1.807, 2.05) is 4.90 Å². The van der Waals surface area contributed by atoms with Crippen LogP contribution in [-0.4, -0.2) is 52.9 Å². The van der Waals surface area contributed by atoms with Gasteiger partial charge in [0.05, 0.1) is 7.11 Å². The van der Waals surface area contributed by atoms with Gasteiger partial charge in [-0.1, -0.05) is 11.6 Å². The van der Waals surface area contributed by atoms with Crippen molar-refractivity contribution < 1.29 is 14.3 Å². The van der Waals surface area contributed by atoms with Crippen LogP contribution in [0.15, 0.2) is 24.3 Å². The molecule has 0 aliphatic carbocycles. The number of nitrogen functional groups attached to an aromatic ring is 1. The van der Waals surface area contributed by atoms with Crippen molar-refractivity contribution in [3.63, 3.8) is 0 Å². The second-order valence-corrected chi connectivity index (χ2v) is 8.87. The van der Waals surface area contributed by atoms with Gasteiger partial charge in [-0.15, -0.1) is 0 Å². The van der Waals surface area contributed by atoms with Crippen molar-refractivity contribution in [2.75, 3.05) is 25.9 Å².